The standard InChI is InChI=1S/C14H11ClN2O6S/c1-7(13(19)23-2)16-12(18)11(24-14(16)20)6-8-5-9(17(21)22)3-4-10(8)15/h3-7H,1-2H3. The Hall–Kier alpha value is -2.39. The number of amides is 2. The summed E-state index contributed by atoms with van der Waals surface area (Å²) in [5.41, 5.74) is 0.0231. The molecule has 8 nitrogen and oxygen atoms in total. The Bertz CT molecular complexity index is 779. The Morgan fingerprint density at radius 3 is 2.71 bits per heavy atom. The lowest BCUT2D eigenvalue weighted by Crippen LogP contribution is -2.42. The molecular weight excluding hydrogens is 360 g/mol. The van der Waals surface area contributed by atoms with Crippen LogP contribution in [-0.2, 0) is 14.3 Å². The predicted molar refractivity (Wildman–Crippen MR) is 87.4 cm³/mol. The fourth-order valence-electron chi connectivity index (χ4n) is 1.99. The van der Waals surface area contributed by atoms with E-state index in [0.717, 1.165) is 12.0 Å². The van der Waals surface area contributed by atoms with Crippen LogP contribution >= 0.6 is 23.4 Å². The first kappa shape index (κ1) is 18.0. The number of ether oxygens (including phenoxy) is 1. The van der Waals surface area contributed by atoms with Gasteiger partial charge in [-0.25, -0.2) is 4.79 Å². The summed E-state index contributed by atoms with van der Waals surface area (Å²) in [6, 6.07) is 2.67. The van der Waals surface area contributed by atoms with Crippen molar-refractivity contribution in [2.75, 3.05) is 7.11 Å². The Kier molecular flexibility index (Phi) is 5.25. The van der Waals surface area contributed by atoms with Crippen molar-refractivity contribution in [3.8, 4) is 0 Å². The summed E-state index contributed by atoms with van der Waals surface area (Å²) in [6.45, 7) is 1.37. The molecule has 0 radical (unpaired) electrons. The zero-order valence-corrected chi connectivity index (χ0v) is 14.1. The summed E-state index contributed by atoms with van der Waals surface area (Å²) in [5.74, 6) is -1.42. The molecule has 1 unspecified atom stereocenters. The summed E-state index contributed by atoms with van der Waals surface area (Å²) < 4.78 is 4.53. The van der Waals surface area contributed by atoms with Gasteiger partial charge in [0.25, 0.3) is 16.8 Å². The molecular formula is C14H11ClN2O6S. The van der Waals surface area contributed by atoms with Crippen LogP contribution in [0.5, 0.6) is 0 Å². The van der Waals surface area contributed by atoms with Gasteiger partial charge in [0.2, 0.25) is 0 Å². The zero-order chi connectivity index (χ0) is 18.0. The topological polar surface area (TPSA) is 107 Å². The van der Waals surface area contributed by atoms with E-state index in [1.165, 1.54) is 31.2 Å². The molecule has 0 spiro atoms. The van der Waals surface area contributed by atoms with Crippen molar-refractivity contribution in [1.82, 2.24) is 4.90 Å². The van der Waals surface area contributed by atoms with Gasteiger partial charge in [-0.05, 0) is 30.8 Å². The molecule has 24 heavy (non-hydrogen) atoms. The number of halogens is 1. The lowest BCUT2D eigenvalue weighted by molar-refractivity contribution is -0.384. The maximum Gasteiger partial charge on any atom is 0.328 e. The van der Waals surface area contributed by atoms with Crippen LogP contribution in [0.3, 0.4) is 0 Å². The number of carbonyl (C=O) groups excluding carboxylic acids is 3. The first-order valence-corrected chi connectivity index (χ1v) is 7.74. The molecule has 1 aliphatic heterocycles. The first-order chi connectivity index (χ1) is 11.3. The lowest BCUT2D eigenvalue weighted by atomic mass is 10.1. The quantitative estimate of drug-likeness (QED) is 0.347. The molecule has 1 fully saturated rings. The highest BCUT2D eigenvalue weighted by molar-refractivity contribution is 8.18. The highest BCUT2D eigenvalue weighted by Gasteiger charge is 2.41. The summed E-state index contributed by atoms with van der Waals surface area (Å²) in [7, 11) is 1.15. The molecule has 0 N–H and O–H groups in total. The van der Waals surface area contributed by atoms with Gasteiger partial charge in [0.15, 0.2) is 0 Å². The van der Waals surface area contributed by atoms with Crippen molar-refractivity contribution in [3.05, 3.63) is 43.8 Å². The Morgan fingerprint density at radius 2 is 2.12 bits per heavy atom. The van der Waals surface area contributed by atoms with E-state index in [1.54, 1.807) is 0 Å². The van der Waals surface area contributed by atoms with E-state index in [-0.39, 0.29) is 21.2 Å². The fourth-order valence-corrected chi connectivity index (χ4v) is 3.06. The molecule has 126 valence electrons. The van der Waals surface area contributed by atoms with Gasteiger partial charge in [-0.1, -0.05) is 11.6 Å². The van der Waals surface area contributed by atoms with E-state index in [9.17, 15) is 24.5 Å². The Morgan fingerprint density at radius 1 is 1.46 bits per heavy atom. The van der Waals surface area contributed by atoms with Gasteiger partial charge in [0, 0.05) is 22.7 Å². The molecule has 0 bridgehead atoms. The number of nitro groups is 1. The number of rotatable bonds is 4. The molecule has 1 aromatic rings. The van der Waals surface area contributed by atoms with E-state index in [1.807, 2.05) is 0 Å². The van der Waals surface area contributed by atoms with Gasteiger partial charge in [-0.2, -0.15) is 0 Å². The third-order valence-electron chi connectivity index (χ3n) is 3.23. The van der Waals surface area contributed by atoms with Crippen LogP contribution in [0.4, 0.5) is 10.5 Å². The third kappa shape index (κ3) is 3.41. The molecule has 1 heterocycles. The number of hydrogen-bond acceptors (Lipinski definition) is 7. The molecule has 0 aromatic heterocycles. The van der Waals surface area contributed by atoms with Gasteiger partial charge in [-0.3, -0.25) is 24.6 Å². The minimum absolute atomic E-state index is 0.0122. The lowest BCUT2D eigenvalue weighted by Gasteiger charge is -2.18. The van der Waals surface area contributed by atoms with Crippen molar-refractivity contribution in [1.29, 1.82) is 0 Å². The van der Waals surface area contributed by atoms with Crippen molar-refractivity contribution < 1.29 is 24.0 Å². The molecule has 2 rings (SSSR count). The maximum atomic E-state index is 12.3. The van der Waals surface area contributed by atoms with Crippen molar-refractivity contribution in [3.63, 3.8) is 0 Å². The Balaban J connectivity index is 2.37. The van der Waals surface area contributed by atoms with E-state index in [4.69, 9.17) is 11.6 Å². The van der Waals surface area contributed by atoms with E-state index in [2.05, 4.69) is 4.74 Å². The van der Waals surface area contributed by atoms with Gasteiger partial charge < -0.3 is 4.74 Å². The Labute approximate surface area is 145 Å². The van der Waals surface area contributed by atoms with Crippen LogP contribution in [0.15, 0.2) is 23.1 Å². The molecule has 2 amide bonds. The van der Waals surface area contributed by atoms with E-state index in [0.29, 0.717) is 11.8 Å². The van der Waals surface area contributed by atoms with Gasteiger partial charge in [0.05, 0.1) is 16.9 Å². The minimum atomic E-state index is -1.08. The largest absolute Gasteiger partial charge is 0.467 e. The van der Waals surface area contributed by atoms with Crippen LogP contribution < -0.4 is 0 Å². The summed E-state index contributed by atoms with van der Waals surface area (Å²) >= 11 is 6.59. The highest BCUT2D eigenvalue weighted by atomic mass is 35.5. The molecule has 1 atom stereocenters. The maximum absolute atomic E-state index is 12.3. The molecule has 10 heteroatoms. The van der Waals surface area contributed by atoms with Crippen molar-refractivity contribution in [2.45, 2.75) is 13.0 Å². The number of benzene rings is 1. The number of nitro benzene ring substituents is 1. The summed E-state index contributed by atoms with van der Waals surface area (Å²) in [4.78, 5) is 46.9. The van der Waals surface area contributed by atoms with Gasteiger partial charge in [0.1, 0.15) is 6.04 Å². The predicted octanol–water partition coefficient (Wildman–Crippen LogP) is 2.85. The fraction of sp³-hybridized carbons (Fsp3) is 0.214. The second-order valence-corrected chi connectivity index (χ2v) is 6.11. The van der Waals surface area contributed by atoms with Crippen LogP contribution in [0, 0.1) is 10.1 Å². The first-order valence-electron chi connectivity index (χ1n) is 6.55. The average Bonchev–Trinajstić information content (AvgIpc) is 2.81. The normalized spacial score (nSPS) is 17.3. The van der Waals surface area contributed by atoms with E-state index >= 15 is 0 Å². The molecule has 1 aromatic carbocycles. The molecule has 1 saturated heterocycles. The highest BCUT2D eigenvalue weighted by Crippen LogP contribution is 2.35. The summed E-state index contributed by atoms with van der Waals surface area (Å²) in [5, 5.41) is 10.4. The van der Waals surface area contributed by atoms with Crippen molar-refractivity contribution >= 4 is 52.2 Å². The number of imide groups is 1. The van der Waals surface area contributed by atoms with E-state index < -0.39 is 28.1 Å². The number of hydrogen-bond donors (Lipinski definition) is 0. The SMILES string of the molecule is COC(=O)C(C)N1C(=O)SC(=Cc2cc([N+](=O)[O-])ccc2Cl)C1=O. The monoisotopic (exact) mass is 370 g/mol. The number of carbonyl (C=O) groups is 3. The van der Waals surface area contributed by atoms with Crippen LogP contribution in [0.1, 0.15) is 12.5 Å². The number of nitrogens with zero attached hydrogens (tertiary/aromatic N) is 2. The number of methoxy groups -OCH3 is 1. The molecule has 0 aliphatic carbocycles. The number of non-ortho nitro benzene ring substituents is 1. The minimum Gasteiger partial charge on any atom is -0.467 e. The van der Waals surface area contributed by atoms with Crippen molar-refractivity contribution in [2.24, 2.45) is 0 Å². The molecule has 1 aliphatic rings. The molecule has 0 saturated carbocycles. The average molecular weight is 371 g/mol. The number of esters is 1. The second kappa shape index (κ2) is 7.02. The zero-order valence-electron chi connectivity index (χ0n) is 12.5. The second-order valence-electron chi connectivity index (χ2n) is 4.71. The van der Waals surface area contributed by atoms with Gasteiger partial charge in [-0.15, -0.1) is 0 Å². The third-order valence-corrected chi connectivity index (χ3v) is 4.46. The summed E-state index contributed by atoms with van der Waals surface area (Å²) in [6.07, 6.45) is 1.28. The smallest absolute Gasteiger partial charge is 0.328 e. The van der Waals surface area contributed by atoms with Crippen LogP contribution in [-0.4, -0.2) is 40.1 Å². The van der Waals surface area contributed by atoms with Crippen LogP contribution in [0.2, 0.25) is 5.02 Å². The number of thioether (sulfide) groups is 1. The van der Waals surface area contributed by atoms with Gasteiger partial charge >= 0.3 is 5.97 Å². The van der Waals surface area contributed by atoms with Crippen LogP contribution in [0.25, 0.3) is 6.08 Å².